The maximum absolute atomic E-state index is 13.9. The van der Waals surface area contributed by atoms with Gasteiger partial charge in [0, 0.05) is 47.7 Å². The minimum Gasteiger partial charge on any atom is -0.480 e. The number of carbonyl (C=O) groups is 7. The van der Waals surface area contributed by atoms with Crippen molar-refractivity contribution in [2.45, 2.75) is 128 Å². The second-order valence-corrected chi connectivity index (χ2v) is 20.4. The molecule has 2 aliphatic rings. The summed E-state index contributed by atoms with van der Waals surface area (Å²) in [5.74, 6) is -2.51. The van der Waals surface area contributed by atoms with E-state index in [0.717, 1.165) is 75.3 Å². The van der Waals surface area contributed by atoms with Gasteiger partial charge >= 0.3 is 5.97 Å². The molecular weight excluding hydrogens is 909 g/mol. The lowest BCUT2D eigenvalue weighted by molar-refractivity contribution is -0.142. The highest BCUT2D eigenvalue weighted by Crippen LogP contribution is 2.25. The van der Waals surface area contributed by atoms with E-state index in [1.807, 2.05) is 62.4 Å². The number of amides is 6. The number of hydrogen-bond donors (Lipinski definition) is 7. The Balaban J connectivity index is 1.21. The summed E-state index contributed by atoms with van der Waals surface area (Å²) in [7, 11) is 0. The van der Waals surface area contributed by atoms with Gasteiger partial charge in [0.05, 0.1) is 26.4 Å². The zero-order chi connectivity index (χ0) is 49.1. The minimum atomic E-state index is -1.15. The van der Waals surface area contributed by atoms with E-state index in [2.05, 4.69) is 26.6 Å². The smallest absolute Gasteiger partial charge is 0.326 e. The summed E-state index contributed by atoms with van der Waals surface area (Å²) < 4.78 is 11.6. The molecule has 16 nitrogen and oxygen atoms in total. The molecule has 0 unspecified atom stereocenters. The molecule has 0 radical (unpaired) electrons. The number of benzene rings is 2. The SMILES string of the molecule is CC(C)C[C@H](NC(=O)[C@H](CSCCOCCOCCSC[C@H](NC(=O)C1CCCCC1)C(=O)N[C@@H](Cc1ccccc1)C(=O)O)NC(=O)C1CCCCC1)C(=O)N[C@@H](Cc1ccccc1)C(N)=O. The first-order chi connectivity index (χ1) is 32.8. The molecule has 0 bridgehead atoms. The van der Waals surface area contributed by atoms with Crippen LogP contribution >= 0.6 is 23.5 Å². The molecule has 5 atom stereocenters. The second-order valence-electron chi connectivity index (χ2n) is 18.1. The highest BCUT2D eigenvalue weighted by molar-refractivity contribution is 7.99. The lowest BCUT2D eigenvalue weighted by Crippen LogP contribution is -2.58. The number of ether oxygens (including phenoxy) is 2. The van der Waals surface area contributed by atoms with Crippen molar-refractivity contribution >= 4 is 64.9 Å². The van der Waals surface area contributed by atoms with Crippen molar-refractivity contribution in [3.63, 3.8) is 0 Å². The second kappa shape index (κ2) is 31.5. The van der Waals surface area contributed by atoms with Gasteiger partial charge in [-0.15, -0.1) is 0 Å². The number of nitrogens with two attached hydrogens (primary N) is 1. The van der Waals surface area contributed by atoms with E-state index in [4.69, 9.17) is 15.2 Å². The first-order valence-corrected chi connectivity index (χ1v) is 26.5. The lowest BCUT2D eigenvalue weighted by atomic mass is 9.88. The van der Waals surface area contributed by atoms with E-state index in [9.17, 15) is 38.7 Å². The molecule has 0 heterocycles. The number of hydrogen-bond acceptors (Lipinski definition) is 11. The van der Waals surface area contributed by atoms with Crippen molar-refractivity contribution in [3.8, 4) is 0 Å². The molecule has 18 heteroatoms. The predicted molar refractivity (Wildman–Crippen MR) is 266 cm³/mol. The van der Waals surface area contributed by atoms with Gasteiger partial charge in [0.25, 0.3) is 0 Å². The van der Waals surface area contributed by atoms with E-state index in [-0.39, 0.29) is 53.9 Å². The molecule has 2 aromatic carbocycles. The van der Waals surface area contributed by atoms with Crippen LogP contribution in [0.4, 0.5) is 0 Å². The fraction of sp³-hybridized carbons (Fsp3) is 0.620. The lowest BCUT2D eigenvalue weighted by Gasteiger charge is -2.27. The van der Waals surface area contributed by atoms with Gasteiger partial charge in [0.1, 0.15) is 30.2 Å². The van der Waals surface area contributed by atoms with E-state index >= 15 is 0 Å². The van der Waals surface area contributed by atoms with Crippen molar-refractivity contribution in [1.82, 2.24) is 26.6 Å². The fourth-order valence-electron chi connectivity index (χ4n) is 8.28. The average molecular weight is 983 g/mol. The van der Waals surface area contributed by atoms with Crippen LogP contribution in [0.5, 0.6) is 0 Å². The Morgan fingerprint density at radius 1 is 0.559 bits per heavy atom. The summed E-state index contributed by atoms with van der Waals surface area (Å²) in [6, 6.07) is 13.4. The van der Waals surface area contributed by atoms with Crippen molar-refractivity contribution in [2.24, 2.45) is 23.5 Å². The third-order valence-electron chi connectivity index (χ3n) is 12.1. The van der Waals surface area contributed by atoms with Crippen LogP contribution in [0.3, 0.4) is 0 Å². The largest absolute Gasteiger partial charge is 0.480 e. The van der Waals surface area contributed by atoms with Gasteiger partial charge in [-0.3, -0.25) is 28.8 Å². The van der Waals surface area contributed by atoms with Crippen LogP contribution in [0.25, 0.3) is 0 Å². The van der Waals surface area contributed by atoms with Gasteiger partial charge in [-0.05, 0) is 49.1 Å². The number of carbonyl (C=O) groups excluding carboxylic acids is 6. The molecule has 6 amide bonds. The monoisotopic (exact) mass is 982 g/mol. The summed E-state index contributed by atoms with van der Waals surface area (Å²) in [6.45, 7) is 5.22. The maximum atomic E-state index is 13.9. The van der Waals surface area contributed by atoms with E-state index in [1.165, 1.54) is 23.5 Å². The quantitative estimate of drug-likeness (QED) is 0.0527. The molecule has 68 heavy (non-hydrogen) atoms. The van der Waals surface area contributed by atoms with E-state index in [0.29, 0.717) is 44.4 Å². The van der Waals surface area contributed by atoms with Crippen LogP contribution < -0.4 is 32.3 Å². The highest BCUT2D eigenvalue weighted by Gasteiger charge is 2.33. The van der Waals surface area contributed by atoms with Crippen molar-refractivity contribution in [1.29, 1.82) is 0 Å². The number of nitrogens with one attached hydrogen (secondary N) is 5. The fourth-order valence-corrected chi connectivity index (χ4v) is 10.0. The van der Waals surface area contributed by atoms with Gasteiger partial charge in [0.15, 0.2) is 0 Å². The predicted octanol–water partition coefficient (Wildman–Crippen LogP) is 4.17. The number of rotatable bonds is 31. The zero-order valence-electron chi connectivity index (χ0n) is 39.8. The van der Waals surface area contributed by atoms with Crippen molar-refractivity contribution < 1.29 is 48.1 Å². The molecule has 2 saturated carbocycles. The third-order valence-corrected chi connectivity index (χ3v) is 14.1. The molecule has 4 rings (SSSR count). The Hall–Kier alpha value is -4.65. The Morgan fingerprint density at radius 2 is 0.956 bits per heavy atom. The number of primary amides is 1. The topological polar surface area (TPSA) is 244 Å². The first-order valence-electron chi connectivity index (χ1n) is 24.2. The van der Waals surface area contributed by atoms with Crippen LogP contribution in [-0.2, 0) is 55.9 Å². The Bertz CT molecular complexity index is 1870. The zero-order valence-corrected chi connectivity index (χ0v) is 41.4. The molecule has 0 saturated heterocycles. The minimum absolute atomic E-state index is 0.0260. The summed E-state index contributed by atoms with van der Waals surface area (Å²) in [6.07, 6.45) is 9.66. The van der Waals surface area contributed by atoms with E-state index in [1.54, 1.807) is 12.1 Å². The number of aliphatic carboxylic acids is 1. The molecule has 376 valence electrons. The Kier molecular flexibility index (Phi) is 25.9. The Morgan fingerprint density at radius 3 is 1.37 bits per heavy atom. The van der Waals surface area contributed by atoms with Crippen LogP contribution in [-0.4, -0.2) is 126 Å². The van der Waals surface area contributed by atoms with Gasteiger partial charge < -0.3 is 46.9 Å². The van der Waals surface area contributed by atoms with Crippen molar-refractivity contribution in [2.75, 3.05) is 49.4 Å². The van der Waals surface area contributed by atoms with Gasteiger partial charge in [-0.1, -0.05) is 113 Å². The first kappa shape index (κ1) is 55.9. The maximum Gasteiger partial charge on any atom is 0.326 e. The summed E-state index contributed by atoms with van der Waals surface area (Å²) in [5, 5.41) is 24.0. The standard InChI is InChI=1S/C50H74N6O10S2/c1-34(2)29-40(47(60)52-39(44(51)57)30-35-15-7-3-8-16-35)53-48(61)42(55-45(58)37-19-11-5-12-20-37)32-67-27-25-65-23-24-66-26-28-68-33-43(56-46(59)38-21-13-6-14-22-38)49(62)54-41(50(63)64)31-36-17-9-4-10-18-36/h3-4,7-10,15-18,34,37-43H,5-6,11-14,19-33H2,1-2H3,(H2,51,57)(H,52,60)(H,53,61)(H,54,62)(H,55,58)(H,56,59)(H,63,64)/t39-,40-,41-,42-,43-/m0/s1. The van der Waals surface area contributed by atoms with Crippen LogP contribution in [0, 0.1) is 17.8 Å². The molecule has 2 aliphatic carbocycles. The third kappa shape index (κ3) is 21.3. The molecule has 2 fully saturated rings. The molecule has 2 aromatic rings. The summed E-state index contributed by atoms with van der Waals surface area (Å²) in [4.78, 5) is 91.9. The molecule has 0 aliphatic heterocycles. The van der Waals surface area contributed by atoms with Crippen LogP contribution in [0.15, 0.2) is 60.7 Å². The number of carboxylic acids is 1. The highest BCUT2D eigenvalue weighted by atomic mass is 32.2. The summed E-state index contributed by atoms with van der Waals surface area (Å²) >= 11 is 2.87. The molecule has 0 aromatic heterocycles. The van der Waals surface area contributed by atoms with Gasteiger partial charge in [-0.2, -0.15) is 23.5 Å². The van der Waals surface area contributed by atoms with Gasteiger partial charge in [-0.25, -0.2) is 4.79 Å². The van der Waals surface area contributed by atoms with Crippen LogP contribution in [0.1, 0.15) is 95.6 Å². The normalized spacial score (nSPS) is 16.6. The molecular formula is C50H74N6O10S2. The molecule has 8 N–H and O–H groups in total. The van der Waals surface area contributed by atoms with Crippen molar-refractivity contribution in [3.05, 3.63) is 71.8 Å². The van der Waals surface area contributed by atoms with Crippen LogP contribution in [0.2, 0.25) is 0 Å². The van der Waals surface area contributed by atoms with Gasteiger partial charge in [0.2, 0.25) is 35.4 Å². The average Bonchev–Trinajstić information content (AvgIpc) is 3.33. The number of carboxylic acid groups (broad SMARTS) is 1. The Labute approximate surface area is 410 Å². The summed E-state index contributed by atoms with van der Waals surface area (Å²) in [5.41, 5.74) is 7.28. The van der Waals surface area contributed by atoms with E-state index < -0.39 is 59.8 Å². The number of thioether (sulfide) groups is 2. The molecule has 0 spiro atoms.